The number of aliphatic hydroxyl groups excluding tert-OH is 1. The maximum atomic E-state index is 12.2. The van der Waals surface area contributed by atoms with E-state index in [1.54, 1.807) is 4.90 Å². The van der Waals surface area contributed by atoms with Crippen LogP contribution in [0.4, 0.5) is 4.79 Å². The van der Waals surface area contributed by atoms with E-state index in [4.69, 9.17) is 18.7 Å². The van der Waals surface area contributed by atoms with E-state index in [2.05, 4.69) is 5.16 Å². The van der Waals surface area contributed by atoms with Gasteiger partial charge in [-0.1, -0.05) is 6.07 Å². The van der Waals surface area contributed by atoms with Crippen molar-refractivity contribution in [2.24, 2.45) is 5.92 Å². The maximum Gasteiger partial charge on any atom is 0.410 e. The fourth-order valence-electron chi connectivity index (χ4n) is 4.14. The zero-order valence-corrected chi connectivity index (χ0v) is 18.5. The van der Waals surface area contributed by atoms with E-state index in [0.29, 0.717) is 48.2 Å². The number of amides is 1. The summed E-state index contributed by atoms with van der Waals surface area (Å²) < 4.78 is 23.0. The van der Waals surface area contributed by atoms with E-state index < -0.39 is 11.7 Å². The molecule has 1 aromatic carbocycles. The average molecular weight is 433 g/mol. The molecule has 1 amide bonds. The van der Waals surface area contributed by atoms with Crippen LogP contribution in [0.25, 0.3) is 11.0 Å². The van der Waals surface area contributed by atoms with Crippen molar-refractivity contribution in [3.63, 3.8) is 0 Å². The Kier molecular flexibility index (Phi) is 6.27. The Hall–Kier alpha value is -2.48. The highest BCUT2D eigenvalue weighted by Gasteiger charge is 2.30. The molecular weight excluding hydrogens is 400 g/mol. The number of likely N-dealkylation sites (tertiary alicyclic amines) is 1. The van der Waals surface area contributed by atoms with Gasteiger partial charge in [-0.2, -0.15) is 0 Å². The Labute approximate surface area is 182 Å². The fourth-order valence-corrected chi connectivity index (χ4v) is 4.14. The molecule has 1 N–H and O–H groups in total. The number of hydrogen-bond acceptors (Lipinski definition) is 7. The molecule has 170 valence electrons. The van der Waals surface area contributed by atoms with Crippen molar-refractivity contribution >= 4 is 17.1 Å². The van der Waals surface area contributed by atoms with Gasteiger partial charge in [0.1, 0.15) is 22.8 Å². The average Bonchev–Trinajstić information content (AvgIpc) is 3.32. The number of rotatable bonds is 5. The van der Waals surface area contributed by atoms with E-state index in [9.17, 15) is 9.90 Å². The molecule has 31 heavy (non-hydrogen) atoms. The molecule has 1 aliphatic heterocycles. The van der Waals surface area contributed by atoms with E-state index in [-0.39, 0.29) is 12.2 Å². The lowest BCUT2D eigenvalue weighted by atomic mass is 9.98. The number of benzene rings is 1. The second-order valence-electron chi connectivity index (χ2n) is 9.49. The highest BCUT2D eigenvalue weighted by Crippen LogP contribution is 2.36. The number of fused-ring (bicyclic) bond motifs is 1. The molecule has 8 nitrogen and oxygen atoms in total. The van der Waals surface area contributed by atoms with Crippen LogP contribution in [0, 0.1) is 5.92 Å². The Morgan fingerprint density at radius 2 is 2.00 bits per heavy atom. The van der Waals surface area contributed by atoms with Crippen molar-refractivity contribution in [2.75, 3.05) is 19.7 Å². The highest BCUT2D eigenvalue weighted by molar-refractivity contribution is 5.88. The fraction of sp³-hybridized carbons (Fsp3) is 0.652. The number of aliphatic hydroxyl groups is 1. The number of carbonyl (C=O) groups excluding carboxylic acids is 1. The second-order valence-corrected chi connectivity index (χ2v) is 9.49. The van der Waals surface area contributed by atoms with Gasteiger partial charge in [-0.05, 0) is 76.1 Å². The SMILES string of the molecule is CC(C)(C)OC(=O)N1CCC(COc2noc3cccc(O[C@@H]4CCC[C@H]4O)c23)CC1. The van der Waals surface area contributed by atoms with Crippen LogP contribution in [0.3, 0.4) is 0 Å². The van der Waals surface area contributed by atoms with Crippen molar-refractivity contribution < 1.29 is 28.6 Å². The number of hydrogen-bond donors (Lipinski definition) is 1. The van der Waals surface area contributed by atoms with Crippen LogP contribution in [0.15, 0.2) is 22.7 Å². The zero-order chi connectivity index (χ0) is 22.0. The summed E-state index contributed by atoms with van der Waals surface area (Å²) in [7, 11) is 0. The van der Waals surface area contributed by atoms with Crippen LogP contribution >= 0.6 is 0 Å². The number of carbonyl (C=O) groups is 1. The van der Waals surface area contributed by atoms with Gasteiger partial charge in [0, 0.05) is 13.1 Å². The van der Waals surface area contributed by atoms with Gasteiger partial charge in [0.05, 0.1) is 12.7 Å². The van der Waals surface area contributed by atoms with Gasteiger partial charge in [0.25, 0.3) is 5.88 Å². The summed E-state index contributed by atoms with van der Waals surface area (Å²) in [5.41, 5.74) is 0.110. The summed E-state index contributed by atoms with van der Waals surface area (Å²) in [5, 5.41) is 14.9. The van der Waals surface area contributed by atoms with Gasteiger partial charge in [0.2, 0.25) is 0 Å². The molecule has 0 radical (unpaired) electrons. The third-order valence-corrected chi connectivity index (χ3v) is 5.85. The van der Waals surface area contributed by atoms with Gasteiger partial charge in [-0.15, -0.1) is 0 Å². The van der Waals surface area contributed by atoms with Gasteiger partial charge in [-0.25, -0.2) is 4.79 Å². The third-order valence-electron chi connectivity index (χ3n) is 5.85. The zero-order valence-electron chi connectivity index (χ0n) is 18.5. The normalized spacial score (nSPS) is 22.6. The highest BCUT2D eigenvalue weighted by atomic mass is 16.6. The molecule has 1 saturated carbocycles. The lowest BCUT2D eigenvalue weighted by molar-refractivity contribution is 0.0163. The Bertz CT molecular complexity index is 897. The summed E-state index contributed by atoms with van der Waals surface area (Å²) >= 11 is 0. The predicted molar refractivity (Wildman–Crippen MR) is 114 cm³/mol. The summed E-state index contributed by atoms with van der Waals surface area (Å²) in [6, 6.07) is 5.53. The first-order valence-corrected chi connectivity index (χ1v) is 11.1. The minimum atomic E-state index is -0.487. The molecule has 2 atom stereocenters. The lowest BCUT2D eigenvalue weighted by Gasteiger charge is -2.33. The molecule has 1 aromatic heterocycles. The van der Waals surface area contributed by atoms with Crippen LogP contribution in [-0.4, -0.2) is 58.8 Å². The van der Waals surface area contributed by atoms with Crippen molar-refractivity contribution in [1.29, 1.82) is 0 Å². The van der Waals surface area contributed by atoms with Crippen LogP contribution in [0.5, 0.6) is 11.6 Å². The van der Waals surface area contributed by atoms with Gasteiger partial charge in [0.15, 0.2) is 5.58 Å². The number of piperidine rings is 1. The molecular formula is C23H32N2O6. The third kappa shape index (κ3) is 5.23. The van der Waals surface area contributed by atoms with E-state index in [1.165, 1.54) is 0 Å². The van der Waals surface area contributed by atoms with Crippen LogP contribution in [-0.2, 0) is 4.74 Å². The monoisotopic (exact) mass is 432 g/mol. The molecule has 8 heteroatoms. The molecule has 4 rings (SSSR count). The van der Waals surface area contributed by atoms with Gasteiger partial charge >= 0.3 is 6.09 Å². The van der Waals surface area contributed by atoms with Crippen LogP contribution in [0.2, 0.25) is 0 Å². The summed E-state index contributed by atoms with van der Waals surface area (Å²) in [6.45, 7) is 7.41. The smallest absolute Gasteiger partial charge is 0.410 e. The Morgan fingerprint density at radius 1 is 1.23 bits per heavy atom. The predicted octanol–water partition coefficient (Wildman–Crippen LogP) is 4.15. The molecule has 2 aliphatic rings. The molecule has 1 saturated heterocycles. The van der Waals surface area contributed by atoms with Crippen molar-refractivity contribution in [3.05, 3.63) is 18.2 Å². The molecule has 2 fully saturated rings. The van der Waals surface area contributed by atoms with Crippen molar-refractivity contribution in [3.8, 4) is 11.6 Å². The summed E-state index contributed by atoms with van der Waals surface area (Å²) in [4.78, 5) is 14.0. The first-order valence-electron chi connectivity index (χ1n) is 11.1. The van der Waals surface area contributed by atoms with E-state index >= 15 is 0 Å². The van der Waals surface area contributed by atoms with Gasteiger partial charge < -0.3 is 28.7 Å². The first kappa shape index (κ1) is 21.7. The maximum absolute atomic E-state index is 12.2. The Morgan fingerprint density at radius 3 is 2.68 bits per heavy atom. The second kappa shape index (κ2) is 8.94. The molecule has 2 aromatic rings. The Balaban J connectivity index is 1.35. The van der Waals surface area contributed by atoms with Crippen LogP contribution in [0.1, 0.15) is 52.9 Å². The summed E-state index contributed by atoms with van der Waals surface area (Å²) in [5.74, 6) is 1.35. The minimum absolute atomic E-state index is 0.217. The number of nitrogens with zero attached hydrogens (tertiary/aromatic N) is 2. The molecule has 0 spiro atoms. The summed E-state index contributed by atoms with van der Waals surface area (Å²) in [6.07, 6.45) is 3.30. The largest absolute Gasteiger partial charge is 0.487 e. The van der Waals surface area contributed by atoms with Gasteiger partial charge in [-0.3, -0.25) is 0 Å². The van der Waals surface area contributed by atoms with Crippen LogP contribution < -0.4 is 9.47 Å². The minimum Gasteiger partial charge on any atom is -0.487 e. The topological polar surface area (TPSA) is 94.3 Å². The number of aromatic nitrogens is 1. The molecule has 0 bridgehead atoms. The standard InChI is InChI=1S/C23H32N2O6/c1-23(2,3)30-22(27)25-12-10-15(11-13-25)14-28-21-20-18(8-5-9-19(20)31-24-21)29-17-7-4-6-16(17)26/h5,8-9,15-17,26H,4,6-7,10-14H2,1-3H3/t16-,17-/m1/s1. The quantitative estimate of drug-likeness (QED) is 0.758. The van der Waals surface area contributed by atoms with E-state index in [1.807, 2.05) is 39.0 Å². The molecule has 0 unspecified atom stereocenters. The molecule has 1 aliphatic carbocycles. The number of ether oxygens (including phenoxy) is 3. The molecule has 2 heterocycles. The van der Waals surface area contributed by atoms with Crippen molar-refractivity contribution in [1.82, 2.24) is 10.1 Å². The van der Waals surface area contributed by atoms with E-state index in [0.717, 1.165) is 32.1 Å². The lowest BCUT2D eigenvalue weighted by Crippen LogP contribution is -2.42. The first-order chi connectivity index (χ1) is 14.8. The van der Waals surface area contributed by atoms with Crippen molar-refractivity contribution in [2.45, 2.75) is 70.7 Å².